The number of carbonyl (C=O) groups is 2. The number of hydrogen-bond acceptors (Lipinski definition) is 6. The van der Waals surface area contributed by atoms with Crippen LogP contribution >= 0.6 is 0 Å². The average Bonchev–Trinajstić information content (AvgIpc) is 3.48. The van der Waals surface area contributed by atoms with E-state index in [0.29, 0.717) is 23.1 Å². The molecule has 1 heterocycles. The lowest BCUT2D eigenvalue weighted by Gasteiger charge is -2.06. The number of tetrazole rings is 1. The minimum atomic E-state index is -0.397. The Morgan fingerprint density at radius 3 is 2.69 bits per heavy atom. The summed E-state index contributed by atoms with van der Waals surface area (Å²) in [5, 5.41) is 14.8. The Morgan fingerprint density at radius 1 is 1.17 bits per heavy atom. The summed E-state index contributed by atoms with van der Waals surface area (Å²) in [5.41, 5.74) is 2.76. The molecule has 1 aliphatic rings. The molecule has 0 aliphatic heterocycles. The van der Waals surface area contributed by atoms with Crippen molar-refractivity contribution < 1.29 is 14.3 Å². The minimum absolute atomic E-state index is 0.263. The zero-order valence-electron chi connectivity index (χ0n) is 15.8. The number of methoxy groups -OCH3 is 1. The lowest BCUT2D eigenvalue weighted by molar-refractivity contribution is -0.111. The van der Waals surface area contributed by atoms with Gasteiger partial charge in [0.1, 0.15) is 0 Å². The second kappa shape index (κ2) is 8.05. The van der Waals surface area contributed by atoms with E-state index in [1.54, 1.807) is 30.3 Å². The van der Waals surface area contributed by atoms with Gasteiger partial charge in [-0.05, 0) is 59.2 Å². The number of nitrogens with one attached hydrogen (secondary N) is 1. The van der Waals surface area contributed by atoms with E-state index in [1.807, 2.05) is 28.9 Å². The van der Waals surface area contributed by atoms with Gasteiger partial charge in [-0.15, -0.1) is 5.10 Å². The highest BCUT2D eigenvalue weighted by atomic mass is 16.5. The van der Waals surface area contributed by atoms with Gasteiger partial charge in [0.2, 0.25) is 5.91 Å². The molecule has 8 nitrogen and oxygen atoms in total. The molecule has 0 radical (unpaired) electrons. The summed E-state index contributed by atoms with van der Waals surface area (Å²) in [5.74, 6) is 0.0386. The zero-order valence-corrected chi connectivity index (χ0v) is 15.8. The van der Waals surface area contributed by atoms with Crippen molar-refractivity contribution in [1.29, 1.82) is 0 Å². The number of ether oxygens (including phenoxy) is 1. The molecular weight excluding hydrogens is 370 g/mol. The molecule has 0 spiro atoms. The van der Waals surface area contributed by atoms with Gasteiger partial charge in [0.15, 0.2) is 5.82 Å². The number of hydrogen-bond donors (Lipinski definition) is 1. The minimum Gasteiger partial charge on any atom is -0.465 e. The normalized spacial score (nSPS) is 13.4. The van der Waals surface area contributed by atoms with Crippen molar-refractivity contribution in [3.8, 4) is 11.4 Å². The summed E-state index contributed by atoms with van der Waals surface area (Å²) in [7, 11) is 1.34. The van der Waals surface area contributed by atoms with Gasteiger partial charge in [-0.1, -0.05) is 24.3 Å². The number of rotatable bonds is 6. The molecule has 3 aromatic rings. The topological polar surface area (TPSA) is 99.0 Å². The van der Waals surface area contributed by atoms with Crippen molar-refractivity contribution in [3.05, 3.63) is 65.7 Å². The Hall–Kier alpha value is -3.81. The molecule has 1 N–H and O–H groups in total. The summed E-state index contributed by atoms with van der Waals surface area (Å²) in [6.07, 6.45) is 5.28. The number of carbonyl (C=O) groups excluding carboxylic acids is 2. The average molecular weight is 389 g/mol. The molecule has 1 saturated carbocycles. The van der Waals surface area contributed by atoms with E-state index in [0.717, 1.165) is 24.0 Å². The van der Waals surface area contributed by atoms with Gasteiger partial charge in [-0.2, -0.15) is 0 Å². The van der Waals surface area contributed by atoms with Crippen LogP contribution in [-0.2, 0) is 9.53 Å². The van der Waals surface area contributed by atoms with Gasteiger partial charge in [0.25, 0.3) is 0 Å². The predicted octanol–water partition coefficient (Wildman–Crippen LogP) is 3.11. The predicted molar refractivity (Wildman–Crippen MR) is 107 cm³/mol. The number of amides is 1. The monoisotopic (exact) mass is 389 g/mol. The molecule has 2 aromatic carbocycles. The summed E-state index contributed by atoms with van der Waals surface area (Å²) >= 11 is 0. The van der Waals surface area contributed by atoms with Crippen LogP contribution in [0.5, 0.6) is 0 Å². The second-order valence-electron chi connectivity index (χ2n) is 6.70. The number of anilines is 1. The Balaban J connectivity index is 1.42. The lowest BCUT2D eigenvalue weighted by Crippen LogP contribution is -2.08. The maximum absolute atomic E-state index is 12.3. The molecule has 0 bridgehead atoms. The fourth-order valence-corrected chi connectivity index (χ4v) is 2.89. The standard InChI is InChI=1S/C21H19N5O3/c1-29-21(28)15-8-5-14(6-9-15)7-12-19(27)22-17-4-2-3-16(13-17)20-23-24-25-26(20)18-10-11-18/h2-9,12-13,18H,10-11H2,1H3,(H,22,27)/b12-7+. The van der Waals surface area contributed by atoms with Crippen molar-refractivity contribution in [3.63, 3.8) is 0 Å². The van der Waals surface area contributed by atoms with Gasteiger partial charge >= 0.3 is 5.97 Å². The van der Waals surface area contributed by atoms with Crippen molar-refractivity contribution in [2.45, 2.75) is 18.9 Å². The van der Waals surface area contributed by atoms with E-state index in [2.05, 4.69) is 25.6 Å². The van der Waals surface area contributed by atoms with Crippen LogP contribution in [-0.4, -0.2) is 39.2 Å². The van der Waals surface area contributed by atoms with Gasteiger partial charge in [-0.25, -0.2) is 9.48 Å². The van der Waals surface area contributed by atoms with Gasteiger partial charge in [-0.3, -0.25) is 4.79 Å². The quantitative estimate of drug-likeness (QED) is 0.514. The zero-order chi connectivity index (χ0) is 20.2. The molecule has 8 heteroatoms. The van der Waals surface area contributed by atoms with E-state index < -0.39 is 5.97 Å². The lowest BCUT2D eigenvalue weighted by atomic mass is 10.1. The third kappa shape index (κ3) is 4.37. The first-order chi connectivity index (χ1) is 14.1. The number of benzene rings is 2. The van der Waals surface area contributed by atoms with Crippen LogP contribution in [0.1, 0.15) is 34.8 Å². The highest BCUT2D eigenvalue weighted by molar-refractivity contribution is 6.02. The highest BCUT2D eigenvalue weighted by Crippen LogP contribution is 2.36. The largest absolute Gasteiger partial charge is 0.465 e. The molecule has 1 amide bonds. The van der Waals surface area contributed by atoms with Crippen LogP contribution in [0.3, 0.4) is 0 Å². The highest BCUT2D eigenvalue weighted by Gasteiger charge is 2.28. The molecule has 1 aromatic heterocycles. The van der Waals surface area contributed by atoms with Gasteiger partial charge in [0.05, 0.1) is 18.7 Å². The molecule has 29 heavy (non-hydrogen) atoms. The summed E-state index contributed by atoms with van der Waals surface area (Å²) in [6.45, 7) is 0. The smallest absolute Gasteiger partial charge is 0.337 e. The van der Waals surface area contributed by atoms with Crippen LogP contribution in [0.4, 0.5) is 5.69 Å². The van der Waals surface area contributed by atoms with Gasteiger partial charge < -0.3 is 10.1 Å². The van der Waals surface area contributed by atoms with Crippen LogP contribution in [0, 0.1) is 0 Å². The second-order valence-corrected chi connectivity index (χ2v) is 6.70. The van der Waals surface area contributed by atoms with Crippen LogP contribution in [0.25, 0.3) is 17.5 Å². The molecule has 0 atom stereocenters. The number of nitrogens with zero attached hydrogens (tertiary/aromatic N) is 4. The van der Waals surface area contributed by atoms with E-state index in [-0.39, 0.29) is 5.91 Å². The summed E-state index contributed by atoms with van der Waals surface area (Å²) < 4.78 is 6.50. The molecule has 0 saturated heterocycles. The first-order valence-corrected chi connectivity index (χ1v) is 9.20. The molecule has 0 unspecified atom stereocenters. The first-order valence-electron chi connectivity index (χ1n) is 9.20. The molecule has 146 valence electrons. The van der Waals surface area contributed by atoms with Crippen LogP contribution in [0.15, 0.2) is 54.6 Å². The van der Waals surface area contributed by atoms with E-state index in [4.69, 9.17) is 0 Å². The van der Waals surface area contributed by atoms with E-state index in [1.165, 1.54) is 13.2 Å². The Kier molecular flexibility index (Phi) is 5.15. The summed E-state index contributed by atoms with van der Waals surface area (Å²) in [4.78, 5) is 23.7. The molecule has 1 fully saturated rings. The van der Waals surface area contributed by atoms with Crippen molar-refractivity contribution in [2.24, 2.45) is 0 Å². The van der Waals surface area contributed by atoms with E-state index in [9.17, 15) is 9.59 Å². The molecule has 1 aliphatic carbocycles. The Bertz CT molecular complexity index is 1070. The summed E-state index contributed by atoms with van der Waals surface area (Å²) in [6, 6.07) is 14.6. The van der Waals surface area contributed by atoms with Crippen molar-refractivity contribution in [2.75, 3.05) is 12.4 Å². The fourth-order valence-electron chi connectivity index (χ4n) is 2.89. The third-order valence-corrected chi connectivity index (χ3v) is 4.53. The van der Waals surface area contributed by atoms with Crippen LogP contribution < -0.4 is 5.32 Å². The SMILES string of the molecule is COC(=O)c1ccc(/C=C/C(=O)Nc2cccc(-c3nnnn3C3CC3)c2)cc1. The molecular formula is C21H19N5O3. The molecule has 4 rings (SSSR count). The Morgan fingerprint density at radius 2 is 1.97 bits per heavy atom. The fraction of sp³-hybridized carbons (Fsp3) is 0.190. The number of esters is 1. The van der Waals surface area contributed by atoms with Crippen molar-refractivity contribution >= 4 is 23.6 Å². The maximum atomic E-state index is 12.3. The first kappa shape index (κ1) is 18.5. The van der Waals surface area contributed by atoms with Gasteiger partial charge in [0, 0.05) is 17.3 Å². The Labute approximate surface area is 167 Å². The van der Waals surface area contributed by atoms with E-state index >= 15 is 0 Å². The van der Waals surface area contributed by atoms with Crippen LogP contribution in [0.2, 0.25) is 0 Å². The maximum Gasteiger partial charge on any atom is 0.337 e. The third-order valence-electron chi connectivity index (χ3n) is 4.53. The van der Waals surface area contributed by atoms with Crippen molar-refractivity contribution in [1.82, 2.24) is 20.2 Å². The number of aromatic nitrogens is 4.